The van der Waals surface area contributed by atoms with E-state index in [1.165, 1.54) is 5.56 Å². The number of ether oxygens (including phenoxy) is 1. The molecule has 0 bridgehead atoms. The van der Waals surface area contributed by atoms with Gasteiger partial charge in [0.25, 0.3) is 0 Å². The molecule has 0 fully saturated rings. The molecule has 0 atom stereocenters. The predicted molar refractivity (Wildman–Crippen MR) is 102 cm³/mol. The van der Waals surface area contributed by atoms with Crippen LogP contribution in [0.3, 0.4) is 0 Å². The van der Waals surface area contributed by atoms with Gasteiger partial charge in [0.05, 0.1) is 10.7 Å². The average molecular weight is 421 g/mol. The molecule has 0 heterocycles. The van der Waals surface area contributed by atoms with E-state index in [4.69, 9.17) is 16.3 Å². The third-order valence-electron chi connectivity index (χ3n) is 3.52. The fraction of sp³-hybridized carbons (Fsp3) is 0.0526. The Bertz CT molecular complexity index is 783. The van der Waals surface area contributed by atoms with E-state index in [-0.39, 0.29) is 0 Å². The highest BCUT2D eigenvalue weighted by Gasteiger charge is 2.12. The van der Waals surface area contributed by atoms with Crippen molar-refractivity contribution in [2.75, 3.05) is 7.11 Å². The zero-order chi connectivity index (χ0) is 15.5. The topological polar surface area (TPSA) is 9.23 Å². The second-order valence-corrected chi connectivity index (χ2v) is 6.43. The van der Waals surface area contributed by atoms with Gasteiger partial charge in [0.2, 0.25) is 0 Å². The van der Waals surface area contributed by atoms with Crippen LogP contribution in [0, 0.1) is 3.57 Å². The van der Waals surface area contributed by atoms with E-state index in [2.05, 4.69) is 46.9 Å². The van der Waals surface area contributed by atoms with Gasteiger partial charge in [-0.25, -0.2) is 0 Å². The molecule has 0 saturated carbocycles. The Morgan fingerprint density at radius 3 is 2.14 bits per heavy atom. The summed E-state index contributed by atoms with van der Waals surface area (Å²) in [5.74, 6) is 0.881. The minimum atomic E-state index is 0.741. The molecule has 0 spiro atoms. The summed E-state index contributed by atoms with van der Waals surface area (Å²) in [5, 5.41) is 0.741. The van der Waals surface area contributed by atoms with Gasteiger partial charge >= 0.3 is 0 Å². The summed E-state index contributed by atoms with van der Waals surface area (Å²) in [6.07, 6.45) is 0. The lowest BCUT2D eigenvalue weighted by Crippen LogP contribution is -1.92. The van der Waals surface area contributed by atoms with Gasteiger partial charge in [-0.3, -0.25) is 0 Å². The molecule has 0 aromatic heterocycles. The Morgan fingerprint density at radius 1 is 0.818 bits per heavy atom. The molecule has 0 unspecified atom stereocenters. The smallest absolute Gasteiger partial charge is 0.133 e. The van der Waals surface area contributed by atoms with E-state index in [0.717, 1.165) is 31.0 Å². The van der Waals surface area contributed by atoms with Crippen LogP contribution in [0.2, 0.25) is 5.02 Å². The molecule has 22 heavy (non-hydrogen) atoms. The van der Waals surface area contributed by atoms with E-state index in [0.29, 0.717) is 0 Å². The third-order valence-corrected chi connectivity index (χ3v) is 4.89. The summed E-state index contributed by atoms with van der Waals surface area (Å²) in [7, 11) is 1.71. The van der Waals surface area contributed by atoms with Crippen molar-refractivity contribution in [3.63, 3.8) is 0 Å². The van der Waals surface area contributed by atoms with Crippen LogP contribution in [0.4, 0.5) is 0 Å². The van der Waals surface area contributed by atoms with Crippen LogP contribution >= 0.6 is 34.2 Å². The summed E-state index contributed by atoms with van der Waals surface area (Å²) < 4.78 is 6.66. The Morgan fingerprint density at radius 2 is 1.50 bits per heavy atom. The standard InChI is InChI=1S/C19H14ClIO/c1-22-18-12-15(13-5-3-2-4-6-13)11-17(19(18)21)14-7-9-16(20)10-8-14/h2-12H,1H3. The van der Waals surface area contributed by atoms with Crippen LogP contribution in [0.5, 0.6) is 5.75 Å². The lowest BCUT2D eigenvalue weighted by atomic mass is 9.98. The molecule has 3 aromatic rings. The maximum Gasteiger partial charge on any atom is 0.133 e. The quantitative estimate of drug-likeness (QED) is 0.453. The van der Waals surface area contributed by atoms with Gasteiger partial charge in [0.1, 0.15) is 5.75 Å². The minimum absolute atomic E-state index is 0.741. The van der Waals surface area contributed by atoms with Gasteiger partial charge < -0.3 is 4.74 Å². The molecule has 110 valence electrons. The predicted octanol–water partition coefficient (Wildman–Crippen LogP) is 6.29. The van der Waals surface area contributed by atoms with Crippen LogP contribution in [-0.2, 0) is 0 Å². The summed E-state index contributed by atoms with van der Waals surface area (Å²) in [5.41, 5.74) is 4.59. The normalized spacial score (nSPS) is 10.5. The maximum absolute atomic E-state index is 6.00. The highest BCUT2D eigenvalue weighted by molar-refractivity contribution is 14.1. The van der Waals surface area contributed by atoms with Crippen LogP contribution < -0.4 is 4.74 Å². The number of benzene rings is 3. The van der Waals surface area contributed by atoms with Crippen LogP contribution in [0.1, 0.15) is 0 Å². The van der Waals surface area contributed by atoms with Gasteiger partial charge in [0.15, 0.2) is 0 Å². The summed E-state index contributed by atoms with van der Waals surface area (Å²) in [6.45, 7) is 0. The zero-order valence-electron chi connectivity index (χ0n) is 12.0. The number of halogens is 2. The molecule has 0 N–H and O–H groups in total. The van der Waals surface area contributed by atoms with Gasteiger partial charge in [-0.1, -0.05) is 54.1 Å². The van der Waals surface area contributed by atoms with Crippen molar-refractivity contribution in [2.45, 2.75) is 0 Å². The number of hydrogen-bond acceptors (Lipinski definition) is 1. The van der Waals surface area contributed by atoms with Gasteiger partial charge in [-0.2, -0.15) is 0 Å². The molecule has 0 aliphatic heterocycles. The molecule has 3 aromatic carbocycles. The first-order valence-corrected chi connectivity index (χ1v) is 8.33. The first kappa shape index (κ1) is 15.4. The van der Waals surface area contributed by atoms with Crippen molar-refractivity contribution in [2.24, 2.45) is 0 Å². The van der Waals surface area contributed by atoms with Crippen molar-refractivity contribution in [1.82, 2.24) is 0 Å². The Kier molecular flexibility index (Phi) is 4.69. The van der Waals surface area contributed by atoms with Crippen molar-refractivity contribution in [1.29, 1.82) is 0 Å². The number of hydrogen-bond donors (Lipinski definition) is 0. The van der Waals surface area contributed by atoms with Crippen LogP contribution in [-0.4, -0.2) is 7.11 Å². The second-order valence-electron chi connectivity index (χ2n) is 4.91. The van der Waals surface area contributed by atoms with E-state index in [1.807, 2.05) is 42.5 Å². The largest absolute Gasteiger partial charge is 0.496 e. The highest BCUT2D eigenvalue weighted by Crippen LogP contribution is 2.37. The Labute approximate surface area is 149 Å². The molecule has 3 rings (SSSR count). The van der Waals surface area contributed by atoms with E-state index in [1.54, 1.807) is 7.11 Å². The van der Waals surface area contributed by atoms with Crippen molar-refractivity contribution >= 4 is 34.2 Å². The summed E-state index contributed by atoms with van der Waals surface area (Å²) in [4.78, 5) is 0. The van der Waals surface area contributed by atoms with Gasteiger partial charge in [-0.15, -0.1) is 0 Å². The van der Waals surface area contributed by atoms with E-state index >= 15 is 0 Å². The fourth-order valence-corrected chi connectivity index (χ4v) is 3.35. The van der Waals surface area contributed by atoms with Gasteiger partial charge in [0, 0.05) is 5.02 Å². The minimum Gasteiger partial charge on any atom is -0.496 e. The number of rotatable bonds is 3. The molecule has 0 radical (unpaired) electrons. The van der Waals surface area contributed by atoms with Crippen LogP contribution in [0.25, 0.3) is 22.3 Å². The molecule has 3 heteroatoms. The highest BCUT2D eigenvalue weighted by atomic mass is 127. The molecule has 0 aliphatic rings. The molecular weight excluding hydrogens is 407 g/mol. The Hall–Kier alpha value is -1.52. The van der Waals surface area contributed by atoms with Crippen molar-refractivity contribution < 1.29 is 4.74 Å². The van der Waals surface area contributed by atoms with Crippen molar-refractivity contribution in [3.8, 4) is 28.0 Å². The summed E-state index contributed by atoms with van der Waals surface area (Å²) in [6, 6.07) is 22.5. The maximum atomic E-state index is 6.00. The lowest BCUT2D eigenvalue weighted by Gasteiger charge is -2.13. The molecule has 0 amide bonds. The number of methoxy groups -OCH3 is 1. The molecular formula is C19H14ClIO. The summed E-state index contributed by atoms with van der Waals surface area (Å²) >= 11 is 8.33. The first-order chi connectivity index (χ1) is 10.7. The van der Waals surface area contributed by atoms with Crippen LogP contribution in [0.15, 0.2) is 66.7 Å². The SMILES string of the molecule is COc1cc(-c2ccccc2)cc(-c2ccc(Cl)cc2)c1I. The van der Waals surface area contributed by atoms with E-state index in [9.17, 15) is 0 Å². The van der Waals surface area contributed by atoms with Gasteiger partial charge in [-0.05, 0) is 69.1 Å². The lowest BCUT2D eigenvalue weighted by molar-refractivity contribution is 0.412. The first-order valence-electron chi connectivity index (χ1n) is 6.88. The fourth-order valence-electron chi connectivity index (χ4n) is 2.38. The monoisotopic (exact) mass is 420 g/mol. The van der Waals surface area contributed by atoms with E-state index < -0.39 is 0 Å². The average Bonchev–Trinajstić information content (AvgIpc) is 2.57. The second kappa shape index (κ2) is 6.71. The molecule has 0 saturated heterocycles. The molecule has 1 nitrogen and oxygen atoms in total. The zero-order valence-corrected chi connectivity index (χ0v) is 14.9. The Balaban J connectivity index is 2.19. The third kappa shape index (κ3) is 3.13. The molecule has 0 aliphatic carbocycles. The van der Waals surface area contributed by atoms with Crippen molar-refractivity contribution in [3.05, 3.63) is 75.3 Å².